The molecule has 128 valence electrons. The molecular weight excluding hydrogens is 322 g/mol. The monoisotopic (exact) mass is 345 g/mol. The Balaban J connectivity index is 0.00000169. The molecule has 0 spiro atoms. The average Bonchev–Trinajstić information content (AvgIpc) is 3.04. The molecule has 2 aliphatic rings. The second kappa shape index (κ2) is 7.56. The first-order valence-corrected chi connectivity index (χ1v) is 8.50. The summed E-state index contributed by atoms with van der Waals surface area (Å²) in [7, 11) is 0. The number of hydrogen-bond donors (Lipinski definition) is 2. The van der Waals surface area contributed by atoms with Crippen molar-refractivity contribution in [3.63, 3.8) is 0 Å². The summed E-state index contributed by atoms with van der Waals surface area (Å²) >= 11 is 0. The molecule has 4 heteroatoms. The predicted octanol–water partition coefficient (Wildman–Crippen LogP) is 3.51. The lowest BCUT2D eigenvalue weighted by atomic mass is 9.78. The lowest BCUT2D eigenvalue weighted by molar-refractivity contribution is -0.0231. The van der Waals surface area contributed by atoms with Crippen LogP contribution in [-0.2, 0) is 0 Å². The van der Waals surface area contributed by atoms with E-state index in [4.69, 9.17) is 4.74 Å². The molecular formula is C20H24ClNO2. The van der Waals surface area contributed by atoms with Crippen molar-refractivity contribution in [3.8, 4) is 16.9 Å². The van der Waals surface area contributed by atoms with Crippen LogP contribution in [0.1, 0.15) is 12.8 Å². The van der Waals surface area contributed by atoms with E-state index in [9.17, 15) is 5.11 Å². The number of hydrogen-bond acceptors (Lipinski definition) is 3. The Morgan fingerprint density at radius 1 is 0.833 bits per heavy atom. The van der Waals surface area contributed by atoms with Gasteiger partial charge in [-0.05, 0) is 61.0 Å². The van der Waals surface area contributed by atoms with Crippen LogP contribution in [0.15, 0.2) is 54.6 Å². The molecule has 2 N–H and O–H groups in total. The van der Waals surface area contributed by atoms with Crippen LogP contribution in [0.25, 0.3) is 11.1 Å². The molecule has 0 radical (unpaired) electrons. The molecule has 4 rings (SSSR count). The average molecular weight is 346 g/mol. The number of ether oxygens (including phenoxy) is 1. The summed E-state index contributed by atoms with van der Waals surface area (Å²) in [4.78, 5) is 0. The minimum absolute atomic E-state index is 0. The highest BCUT2D eigenvalue weighted by Crippen LogP contribution is 2.35. The van der Waals surface area contributed by atoms with Gasteiger partial charge in [0.15, 0.2) is 0 Å². The fourth-order valence-electron chi connectivity index (χ4n) is 3.91. The smallest absolute Gasteiger partial charge is 0.125 e. The van der Waals surface area contributed by atoms with E-state index in [1.54, 1.807) is 0 Å². The van der Waals surface area contributed by atoms with Crippen molar-refractivity contribution < 1.29 is 9.84 Å². The molecule has 0 amide bonds. The normalized spacial score (nSPS) is 28.7. The van der Waals surface area contributed by atoms with Gasteiger partial charge >= 0.3 is 0 Å². The zero-order chi connectivity index (χ0) is 15.6. The molecule has 1 saturated heterocycles. The summed E-state index contributed by atoms with van der Waals surface area (Å²) in [5.41, 5.74) is 2.39. The maximum Gasteiger partial charge on any atom is 0.125 e. The van der Waals surface area contributed by atoms with Gasteiger partial charge in [-0.25, -0.2) is 0 Å². The van der Waals surface area contributed by atoms with Crippen LogP contribution >= 0.6 is 12.4 Å². The van der Waals surface area contributed by atoms with Crippen molar-refractivity contribution in [1.29, 1.82) is 0 Å². The van der Waals surface area contributed by atoms with E-state index in [0.717, 1.165) is 31.7 Å². The highest BCUT2D eigenvalue weighted by Gasteiger charge is 2.39. The Bertz CT molecular complexity index is 646. The quantitative estimate of drug-likeness (QED) is 0.894. The molecule has 24 heavy (non-hydrogen) atoms. The molecule has 2 aromatic carbocycles. The van der Waals surface area contributed by atoms with Gasteiger partial charge in [0.2, 0.25) is 0 Å². The molecule has 4 atom stereocenters. The zero-order valence-corrected chi connectivity index (χ0v) is 14.4. The number of fused-ring (bicyclic) bond motifs is 1. The van der Waals surface area contributed by atoms with Gasteiger partial charge in [0, 0.05) is 0 Å². The van der Waals surface area contributed by atoms with Gasteiger partial charge in [-0.2, -0.15) is 0 Å². The van der Waals surface area contributed by atoms with Gasteiger partial charge in [-0.3, -0.25) is 0 Å². The van der Waals surface area contributed by atoms with E-state index < -0.39 is 0 Å². The van der Waals surface area contributed by atoms with Crippen molar-refractivity contribution in [1.82, 2.24) is 5.32 Å². The topological polar surface area (TPSA) is 41.5 Å². The summed E-state index contributed by atoms with van der Waals surface area (Å²) in [5, 5.41) is 13.8. The van der Waals surface area contributed by atoms with Crippen molar-refractivity contribution in [3.05, 3.63) is 54.6 Å². The third-order valence-electron chi connectivity index (χ3n) is 5.24. The number of nitrogens with one attached hydrogen (secondary N) is 1. The fraction of sp³-hybridized carbons (Fsp3) is 0.400. The molecule has 2 aromatic rings. The lowest BCUT2D eigenvalue weighted by Crippen LogP contribution is -2.42. The predicted molar refractivity (Wildman–Crippen MR) is 98.6 cm³/mol. The van der Waals surface area contributed by atoms with Gasteiger partial charge in [0.1, 0.15) is 11.9 Å². The minimum Gasteiger partial charge on any atom is -0.488 e. The lowest BCUT2D eigenvalue weighted by Gasteiger charge is -2.35. The van der Waals surface area contributed by atoms with Crippen LogP contribution in [-0.4, -0.2) is 30.4 Å². The Hall–Kier alpha value is -1.55. The zero-order valence-electron chi connectivity index (χ0n) is 13.6. The Labute approximate surface area is 149 Å². The fourth-order valence-corrected chi connectivity index (χ4v) is 3.91. The number of aliphatic hydroxyl groups is 1. The van der Waals surface area contributed by atoms with E-state index in [1.165, 1.54) is 11.1 Å². The first-order valence-electron chi connectivity index (χ1n) is 8.50. The van der Waals surface area contributed by atoms with E-state index in [2.05, 4.69) is 29.6 Å². The summed E-state index contributed by atoms with van der Waals surface area (Å²) < 4.78 is 6.09. The number of rotatable bonds is 3. The third-order valence-corrected chi connectivity index (χ3v) is 5.24. The molecule has 0 unspecified atom stereocenters. The van der Waals surface area contributed by atoms with Crippen LogP contribution in [0, 0.1) is 11.8 Å². The van der Waals surface area contributed by atoms with Crippen LogP contribution in [0.3, 0.4) is 0 Å². The van der Waals surface area contributed by atoms with Gasteiger partial charge in [0.05, 0.1) is 6.10 Å². The molecule has 1 saturated carbocycles. The molecule has 0 bridgehead atoms. The SMILES string of the molecule is Cl.O[C@@H]1C[C@H]2CNC[C@H]2C[C@H]1Oc1ccc(-c2ccccc2)cc1. The van der Waals surface area contributed by atoms with Gasteiger partial charge < -0.3 is 15.2 Å². The summed E-state index contributed by atoms with van der Waals surface area (Å²) in [5.74, 6) is 2.11. The number of benzene rings is 2. The first kappa shape index (κ1) is 17.3. The standard InChI is InChI=1S/C20H23NO2.ClH/c22-19-10-16-12-21-13-17(16)11-20(19)23-18-8-6-15(7-9-18)14-4-2-1-3-5-14;/h1-9,16-17,19-22H,10-13H2;1H/t16-,17+,19+,20+;/m0./s1. The second-order valence-electron chi connectivity index (χ2n) is 6.76. The van der Waals surface area contributed by atoms with Crippen molar-refractivity contribution in [2.75, 3.05) is 13.1 Å². The molecule has 3 nitrogen and oxygen atoms in total. The maximum atomic E-state index is 10.4. The minimum atomic E-state index is -0.357. The molecule has 1 aliphatic carbocycles. The van der Waals surface area contributed by atoms with Crippen LogP contribution in [0.2, 0.25) is 0 Å². The molecule has 1 heterocycles. The second-order valence-corrected chi connectivity index (χ2v) is 6.76. The van der Waals surface area contributed by atoms with Crippen LogP contribution in [0.5, 0.6) is 5.75 Å². The summed E-state index contributed by atoms with van der Waals surface area (Å²) in [6.07, 6.45) is 1.35. The molecule has 2 fully saturated rings. The third kappa shape index (κ3) is 3.59. The van der Waals surface area contributed by atoms with Crippen LogP contribution < -0.4 is 10.1 Å². The number of aliphatic hydroxyl groups excluding tert-OH is 1. The van der Waals surface area contributed by atoms with E-state index in [1.807, 2.05) is 30.3 Å². The summed E-state index contributed by atoms with van der Waals surface area (Å²) in [6, 6.07) is 18.5. The molecule has 1 aliphatic heterocycles. The van der Waals surface area contributed by atoms with Crippen molar-refractivity contribution in [2.45, 2.75) is 25.0 Å². The highest BCUT2D eigenvalue weighted by molar-refractivity contribution is 5.85. The Morgan fingerprint density at radius 2 is 1.46 bits per heavy atom. The van der Waals surface area contributed by atoms with Gasteiger partial charge in [-0.15, -0.1) is 12.4 Å². The van der Waals surface area contributed by atoms with Crippen molar-refractivity contribution in [2.24, 2.45) is 11.8 Å². The highest BCUT2D eigenvalue weighted by atomic mass is 35.5. The largest absolute Gasteiger partial charge is 0.488 e. The summed E-state index contributed by atoms with van der Waals surface area (Å²) in [6.45, 7) is 2.10. The first-order chi connectivity index (χ1) is 11.3. The Morgan fingerprint density at radius 3 is 2.17 bits per heavy atom. The molecule has 0 aromatic heterocycles. The maximum absolute atomic E-state index is 10.4. The Kier molecular flexibility index (Phi) is 5.44. The van der Waals surface area contributed by atoms with E-state index in [-0.39, 0.29) is 24.6 Å². The van der Waals surface area contributed by atoms with Crippen molar-refractivity contribution >= 4 is 12.4 Å². The number of halogens is 1. The van der Waals surface area contributed by atoms with E-state index in [0.29, 0.717) is 11.8 Å². The van der Waals surface area contributed by atoms with E-state index >= 15 is 0 Å². The van der Waals surface area contributed by atoms with Crippen LogP contribution in [0.4, 0.5) is 0 Å². The van der Waals surface area contributed by atoms with Gasteiger partial charge in [0.25, 0.3) is 0 Å². The van der Waals surface area contributed by atoms with Gasteiger partial charge in [-0.1, -0.05) is 42.5 Å².